The third-order valence-electron chi connectivity index (χ3n) is 1.26. The standard InChI is InChI=1S/C8H12O/c1-2-4-6-8-9-7-5-3-1/h1-3,5H,4,6-8H2/b2-1-,5-3-. The molecule has 0 N–H and O–H groups in total. The van der Waals surface area contributed by atoms with Crippen molar-refractivity contribution < 1.29 is 4.74 Å². The van der Waals surface area contributed by atoms with E-state index in [4.69, 9.17) is 4.74 Å². The predicted molar refractivity (Wildman–Crippen MR) is 38.3 cm³/mol. The van der Waals surface area contributed by atoms with Crippen molar-refractivity contribution in [2.45, 2.75) is 12.8 Å². The van der Waals surface area contributed by atoms with Gasteiger partial charge >= 0.3 is 0 Å². The molecule has 0 aromatic rings. The van der Waals surface area contributed by atoms with E-state index in [1.54, 1.807) is 0 Å². The second-order valence-electron chi connectivity index (χ2n) is 2.07. The Morgan fingerprint density at radius 3 is 3.00 bits per heavy atom. The van der Waals surface area contributed by atoms with Gasteiger partial charge < -0.3 is 4.74 Å². The Morgan fingerprint density at radius 2 is 2.00 bits per heavy atom. The van der Waals surface area contributed by atoms with Crippen LogP contribution in [0.15, 0.2) is 24.3 Å². The molecule has 1 aliphatic rings. The molecule has 0 radical (unpaired) electrons. The first-order valence-electron chi connectivity index (χ1n) is 3.39. The highest BCUT2D eigenvalue weighted by Crippen LogP contribution is 1.95. The van der Waals surface area contributed by atoms with Crippen LogP contribution in [0.5, 0.6) is 0 Å². The lowest BCUT2D eigenvalue weighted by Crippen LogP contribution is -1.91. The van der Waals surface area contributed by atoms with E-state index >= 15 is 0 Å². The van der Waals surface area contributed by atoms with Crippen molar-refractivity contribution in [1.82, 2.24) is 0 Å². The fourth-order valence-corrected chi connectivity index (χ4v) is 0.764. The van der Waals surface area contributed by atoms with E-state index in [9.17, 15) is 0 Å². The minimum atomic E-state index is 0.768. The number of hydrogen-bond acceptors (Lipinski definition) is 1. The van der Waals surface area contributed by atoms with E-state index in [-0.39, 0.29) is 0 Å². The zero-order chi connectivity index (χ0) is 6.36. The second kappa shape index (κ2) is 4.33. The van der Waals surface area contributed by atoms with Crippen molar-refractivity contribution in [2.24, 2.45) is 0 Å². The lowest BCUT2D eigenvalue weighted by molar-refractivity contribution is 0.160. The highest BCUT2D eigenvalue weighted by molar-refractivity contribution is 5.02. The molecule has 9 heavy (non-hydrogen) atoms. The monoisotopic (exact) mass is 124 g/mol. The Kier molecular flexibility index (Phi) is 3.16. The topological polar surface area (TPSA) is 9.23 Å². The molecule has 1 rings (SSSR count). The lowest BCUT2D eigenvalue weighted by Gasteiger charge is -1.95. The van der Waals surface area contributed by atoms with Gasteiger partial charge in [0.25, 0.3) is 0 Å². The summed E-state index contributed by atoms with van der Waals surface area (Å²) in [5.74, 6) is 0. The molecule has 0 aromatic heterocycles. The average molecular weight is 124 g/mol. The Balaban J connectivity index is 2.28. The van der Waals surface area contributed by atoms with Gasteiger partial charge in [0.1, 0.15) is 0 Å². The van der Waals surface area contributed by atoms with Crippen molar-refractivity contribution >= 4 is 0 Å². The van der Waals surface area contributed by atoms with Crippen LogP contribution in [0.3, 0.4) is 0 Å². The molecule has 0 fully saturated rings. The Morgan fingerprint density at radius 1 is 1.11 bits per heavy atom. The highest BCUT2D eigenvalue weighted by atomic mass is 16.5. The molecule has 1 nitrogen and oxygen atoms in total. The van der Waals surface area contributed by atoms with Crippen LogP contribution < -0.4 is 0 Å². The van der Waals surface area contributed by atoms with Crippen LogP contribution in [-0.4, -0.2) is 13.2 Å². The van der Waals surface area contributed by atoms with E-state index in [0.717, 1.165) is 26.1 Å². The average Bonchev–Trinajstić information content (AvgIpc) is 2.00. The van der Waals surface area contributed by atoms with Crippen molar-refractivity contribution in [3.05, 3.63) is 24.3 Å². The number of hydrogen-bond donors (Lipinski definition) is 0. The van der Waals surface area contributed by atoms with Gasteiger partial charge in [-0.2, -0.15) is 0 Å². The maximum absolute atomic E-state index is 5.23. The van der Waals surface area contributed by atoms with Gasteiger partial charge in [-0.3, -0.25) is 0 Å². The largest absolute Gasteiger partial charge is 0.377 e. The van der Waals surface area contributed by atoms with Crippen LogP contribution in [0.2, 0.25) is 0 Å². The summed E-state index contributed by atoms with van der Waals surface area (Å²) in [6, 6.07) is 0. The summed E-state index contributed by atoms with van der Waals surface area (Å²) in [6.45, 7) is 1.67. The molecule has 0 spiro atoms. The van der Waals surface area contributed by atoms with Crippen LogP contribution in [-0.2, 0) is 4.74 Å². The van der Waals surface area contributed by atoms with Gasteiger partial charge in [0, 0.05) is 6.61 Å². The molecule has 50 valence electrons. The minimum Gasteiger partial charge on any atom is -0.377 e. The summed E-state index contributed by atoms with van der Waals surface area (Å²) in [5, 5.41) is 0. The lowest BCUT2D eigenvalue weighted by atomic mass is 10.3. The Labute approximate surface area is 56.0 Å². The summed E-state index contributed by atoms with van der Waals surface area (Å²) in [4.78, 5) is 0. The van der Waals surface area contributed by atoms with Crippen molar-refractivity contribution in [3.63, 3.8) is 0 Å². The zero-order valence-corrected chi connectivity index (χ0v) is 5.55. The normalized spacial score (nSPS) is 27.6. The molecule has 0 bridgehead atoms. The van der Waals surface area contributed by atoms with Gasteiger partial charge in [0.05, 0.1) is 6.61 Å². The quantitative estimate of drug-likeness (QED) is 0.479. The molecule has 0 amide bonds. The fourth-order valence-electron chi connectivity index (χ4n) is 0.764. The smallest absolute Gasteiger partial charge is 0.0650 e. The van der Waals surface area contributed by atoms with Crippen molar-refractivity contribution in [3.8, 4) is 0 Å². The van der Waals surface area contributed by atoms with Crippen LogP contribution in [0, 0.1) is 0 Å². The van der Waals surface area contributed by atoms with Crippen LogP contribution >= 0.6 is 0 Å². The Bertz CT molecular complexity index is 99.7. The van der Waals surface area contributed by atoms with Crippen molar-refractivity contribution in [2.75, 3.05) is 13.2 Å². The summed E-state index contributed by atoms with van der Waals surface area (Å²) < 4.78 is 5.23. The maximum Gasteiger partial charge on any atom is 0.0650 e. The third-order valence-corrected chi connectivity index (χ3v) is 1.26. The van der Waals surface area contributed by atoms with Crippen LogP contribution in [0.25, 0.3) is 0 Å². The van der Waals surface area contributed by atoms with Gasteiger partial charge in [-0.05, 0) is 12.8 Å². The van der Waals surface area contributed by atoms with Gasteiger partial charge in [0.15, 0.2) is 0 Å². The first kappa shape index (κ1) is 6.56. The number of allylic oxidation sites excluding steroid dienone is 3. The van der Waals surface area contributed by atoms with E-state index in [0.29, 0.717) is 0 Å². The van der Waals surface area contributed by atoms with Crippen LogP contribution in [0.1, 0.15) is 12.8 Å². The van der Waals surface area contributed by atoms with Crippen molar-refractivity contribution in [1.29, 1.82) is 0 Å². The first-order chi connectivity index (χ1) is 4.50. The third kappa shape index (κ3) is 3.09. The molecule has 1 heteroatoms. The first-order valence-corrected chi connectivity index (χ1v) is 3.39. The minimum absolute atomic E-state index is 0.768. The Hall–Kier alpha value is -0.560. The van der Waals surface area contributed by atoms with Crippen LogP contribution in [0.4, 0.5) is 0 Å². The molecule has 0 unspecified atom stereocenters. The number of rotatable bonds is 0. The summed E-state index contributed by atoms with van der Waals surface area (Å²) in [7, 11) is 0. The van der Waals surface area contributed by atoms with Gasteiger partial charge in [-0.25, -0.2) is 0 Å². The van der Waals surface area contributed by atoms with E-state index in [1.165, 1.54) is 0 Å². The highest BCUT2D eigenvalue weighted by Gasteiger charge is 1.85. The van der Waals surface area contributed by atoms with E-state index in [1.807, 2.05) is 12.2 Å². The molecule has 0 atom stereocenters. The summed E-state index contributed by atoms with van der Waals surface area (Å²) in [5.41, 5.74) is 0. The summed E-state index contributed by atoms with van der Waals surface area (Å²) >= 11 is 0. The molecule has 0 saturated heterocycles. The van der Waals surface area contributed by atoms with E-state index < -0.39 is 0 Å². The predicted octanol–water partition coefficient (Wildman–Crippen LogP) is 1.91. The molecule has 0 aliphatic carbocycles. The van der Waals surface area contributed by atoms with E-state index in [2.05, 4.69) is 12.2 Å². The molecule has 1 heterocycles. The fraction of sp³-hybridized carbons (Fsp3) is 0.500. The molecular formula is C8H12O. The van der Waals surface area contributed by atoms with Gasteiger partial charge in [0.2, 0.25) is 0 Å². The van der Waals surface area contributed by atoms with Gasteiger partial charge in [-0.15, -0.1) is 0 Å². The SMILES string of the molecule is C1=C\CCCOC\C=C/1. The summed E-state index contributed by atoms with van der Waals surface area (Å²) in [6.07, 6.45) is 10.6. The number of ether oxygens (including phenoxy) is 1. The molecule has 0 aromatic carbocycles. The zero-order valence-electron chi connectivity index (χ0n) is 5.55. The molecule has 0 saturated carbocycles. The second-order valence-corrected chi connectivity index (χ2v) is 2.07. The van der Waals surface area contributed by atoms with Gasteiger partial charge in [-0.1, -0.05) is 24.3 Å². The maximum atomic E-state index is 5.23. The molecular weight excluding hydrogens is 112 g/mol. The molecule has 1 aliphatic heterocycles.